The van der Waals surface area contributed by atoms with Crippen molar-refractivity contribution in [2.24, 2.45) is 12.0 Å². The summed E-state index contributed by atoms with van der Waals surface area (Å²) in [5.74, 6) is 0.264. The Morgan fingerprint density at radius 2 is 1.59 bits per heavy atom. The summed E-state index contributed by atoms with van der Waals surface area (Å²) in [7, 11) is 3.88. The Morgan fingerprint density at radius 1 is 0.946 bits per heavy atom. The number of benzene rings is 3. The molecular weight excluding hydrogens is 462 g/mol. The van der Waals surface area contributed by atoms with Crippen molar-refractivity contribution in [3.05, 3.63) is 114 Å². The highest BCUT2D eigenvalue weighted by Crippen LogP contribution is 2.33. The Balaban J connectivity index is 1.69. The largest absolute Gasteiger partial charge is 0.478 e. The molecule has 184 valence electrons. The molecule has 5 rings (SSSR count). The normalized spacial score (nSPS) is 10.9. The average Bonchev–Trinajstić information content (AvgIpc) is 3.32. The molecule has 0 saturated carbocycles. The first kappa shape index (κ1) is 23.9. The lowest BCUT2D eigenvalue weighted by atomic mass is 10.0. The highest BCUT2D eigenvalue weighted by molar-refractivity contribution is 6.14. The lowest BCUT2D eigenvalue weighted by Gasteiger charge is -2.22. The average molecular weight is 490 g/mol. The van der Waals surface area contributed by atoms with Crippen LogP contribution in [0.15, 0.2) is 96.2 Å². The quantitative estimate of drug-likeness (QED) is 0.277. The Labute approximate surface area is 215 Å². The number of aromatic carboxylic acids is 1. The van der Waals surface area contributed by atoms with Crippen molar-refractivity contribution in [2.45, 2.75) is 13.3 Å². The van der Waals surface area contributed by atoms with E-state index >= 15 is 0 Å². The van der Waals surface area contributed by atoms with E-state index in [1.165, 1.54) is 0 Å². The van der Waals surface area contributed by atoms with Crippen LogP contribution in [-0.2, 0) is 13.5 Å². The highest BCUT2D eigenvalue weighted by Gasteiger charge is 2.18. The number of aliphatic imine (C=N–C) groups is 1. The molecule has 0 atom stereocenters. The van der Waals surface area contributed by atoms with E-state index in [1.807, 2.05) is 103 Å². The second kappa shape index (κ2) is 10.1. The van der Waals surface area contributed by atoms with Gasteiger partial charge in [-0.3, -0.25) is 0 Å². The van der Waals surface area contributed by atoms with Gasteiger partial charge in [0.2, 0.25) is 0 Å². The molecule has 3 aromatic carbocycles. The molecule has 0 aliphatic heterocycles. The van der Waals surface area contributed by atoms with E-state index in [0.29, 0.717) is 23.6 Å². The number of carbonyl (C=O) groups is 1. The van der Waals surface area contributed by atoms with Crippen LogP contribution in [-0.4, -0.2) is 38.4 Å². The van der Waals surface area contributed by atoms with Crippen LogP contribution in [0.4, 0.5) is 17.3 Å². The molecule has 0 radical (unpaired) electrons. The molecule has 7 nitrogen and oxygen atoms in total. The second-order valence-corrected chi connectivity index (χ2v) is 8.78. The van der Waals surface area contributed by atoms with Crippen molar-refractivity contribution in [3.63, 3.8) is 0 Å². The van der Waals surface area contributed by atoms with Gasteiger partial charge in [0.1, 0.15) is 11.3 Å². The molecule has 7 heteroatoms. The van der Waals surface area contributed by atoms with Crippen LogP contribution in [0, 0.1) is 0 Å². The summed E-state index contributed by atoms with van der Waals surface area (Å²) in [6.45, 7) is 2.01. The van der Waals surface area contributed by atoms with Crippen LogP contribution in [0.1, 0.15) is 34.0 Å². The van der Waals surface area contributed by atoms with Gasteiger partial charge >= 0.3 is 5.97 Å². The Hall–Kier alpha value is -4.78. The summed E-state index contributed by atoms with van der Waals surface area (Å²) >= 11 is 0. The summed E-state index contributed by atoms with van der Waals surface area (Å²) in [5.41, 5.74) is 6.46. The monoisotopic (exact) mass is 489 g/mol. The third-order valence-electron chi connectivity index (χ3n) is 6.41. The van der Waals surface area contributed by atoms with E-state index < -0.39 is 5.97 Å². The van der Waals surface area contributed by atoms with Crippen molar-refractivity contribution in [2.75, 3.05) is 11.9 Å². The number of carboxylic acid groups (broad SMARTS) is 1. The number of hydrogen-bond acceptors (Lipinski definition) is 5. The Kier molecular flexibility index (Phi) is 6.51. The first-order chi connectivity index (χ1) is 18.0. The standard InChI is InChI=1S/C30H27N5O2/c1-4-20-17-23(30(36)37)15-16-24(20)35(3)26-18-25-28(31-19-34(25)2)29(32-26)33-27(21-11-7-5-8-12-21)22-13-9-6-10-14-22/h5-19H,4H2,1-3H3,(H,36,37). The van der Waals surface area contributed by atoms with E-state index in [-0.39, 0.29) is 5.56 Å². The molecule has 0 saturated heterocycles. The van der Waals surface area contributed by atoms with E-state index in [4.69, 9.17) is 9.98 Å². The predicted octanol–water partition coefficient (Wildman–Crippen LogP) is 6.17. The molecule has 0 fully saturated rings. The maximum Gasteiger partial charge on any atom is 0.335 e. The molecule has 2 heterocycles. The summed E-state index contributed by atoms with van der Waals surface area (Å²) in [5, 5.41) is 9.43. The van der Waals surface area contributed by atoms with Crippen molar-refractivity contribution in [3.8, 4) is 0 Å². The SMILES string of the molecule is CCc1cc(C(=O)O)ccc1N(C)c1cc2c(ncn2C)c(N=C(c2ccccc2)c2ccccc2)n1. The second-order valence-electron chi connectivity index (χ2n) is 8.78. The molecule has 0 amide bonds. The van der Waals surface area contributed by atoms with Gasteiger partial charge in [0, 0.05) is 37.0 Å². The summed E-state index contributed by atoms with van der Waals surface area (Å²) in [6.07, 6.45) is 2.45. The zero-order chi connectivity index (χ0) is 25.9. The summed E-state index contributed by atoms with van der Waals surface area (Å²) in [6, 6.07) is 27.3. The van der Waals surface area contributed by atoms with Crippen LogP contribution in [0.25, 0.3) is 11.0 Å². The molecule has 1 N–H and O–H groups in total. The molecule has 0 spiro atoms. The summed E-state index contributed by atoms with van der Waals surface area (Å²) in [4.78, 5) is 28.1. The van der Waals surface area contributed by atoms with Gasteiger partial charge in [-0.05, 0) is 30.2 Å². The Bertz CT molecular complexity index is 1570. The van der Waals surface area contributed by atoms with Gasteiger partial charge in [-0.2, -0.15) is 0 Å². The third-order valence-corrected chi connectivity index (χ3v) is 6.41. The smallest absolute Gasteiger partial charge is 0.335 e. The van der Waals surface area contributed by atoms with E-state index in [0.717, 1.165) is 33.6 Å². The van der Waals surface area contributed by atoms with Crippen LogP contribution in [0.2, 0.25) is 0 Å². The van der Waals surface area contributed by atoms with Crippen molar-refractivity contribution >= 4 is 40.0 Å². The van der Waals surface area contributed by atoms with E-state index in [9.17, 15) is 9.90 Å². The number of hydrogen-bond donors (Lipinski definition) is 1. The number of anilines is 2. The minimum atomic E-state index is -0.940. The molecule has 2 aromatic heterocycles. The number of aryl methyl sites for hydroxylation is 2. The number of aromatic nitrogens is 3. The van der Waals surface area contributed by atoms with Gasteiger partial charge in [0.05, 0.1) is 23.1 Å². The minimum absolute atomic E-state index is 0.268. The van der Waals surface area contributed by atoms with Crippen LogP contribution < -0.4 is 4.90 Å². The van der Waals surface area contributed by atoms with Gasteiger partial charge < -0.3 is 14.6 Å². The number of rotatable bonds is 7. The van der Waals surface area contributed by atoms with Gasteiger partial charge in [-0.25, -0.2) is 19.8 Å². The number of imidazole rings is 1. The van der Waals surface area contributed by atoms with E-state index in [2.05, 4.69) is 4.98 Å². The predicted molar refractivity (Wildman–Crippen MR) is 148 cm³/mol. The van der Waals surface area contributed by atoms with Gasteiger partial charge in [-0.1, -0.05) is 67.6 Å². The van der Waals surface area contributed by atoms with Crippen molar-refractivity contribution in [1.82, 2.24) is 14.5 Å². The number of carboxylic acids is 1. The van der Waals surface area contributed by atoms with Crippen molar-refractivity contribution in [1.29, 1.82) is 0 Å². The highest BCUT2D eigenvalue weighted by atomic mass is 16.4. The maximum absolute atomic E-state index is 11.5. The maximum atomic E-state index is 11.5. The lowest BCUT2D eigenvalue weighted by molar-refractivity contribution is 0.0697. The number of nitrogens with zero attached hydrogens (tertiary/aromatic N) is 5. The molecule has 5 aromatic rings. The zero-order valence-corrected chi connectivity index (χ0v) is 21.0. The molecule has 0 bridgehead atoms. The van der Waals surface area contributed by atoms with Gasteiger partial charge in [0.15, 0.2) is 5.82 Å². The van der Waals surface area contributed by atoms with Gasteiger partial charge in [0.25, 0.3) is 0 Å². The zero-order valence-electron chi connectivity index (χ0n) is 21.0. The first-order valence-corrected chi connectivity index (χ1v) is 12.1. The Morgan fingerprint density at radius 3 is 2.19 bits per heavy atom. The molecule has 0 unspecified atom stereocenters. The van der Waals surface area contributed by atoms with Crippen LogP contribution in [0.5, 0.6) is 0 Å². The molecule has 0 aliphatic carbocycles. The fourth-order valence-corrected chi connectivity index (χ4v) is 4.39. The topological polar surface area (TPSA) is 83.6 Å². The molecular formula is C30H27N5O2. The van der Waals surface area contributed by atoms with Gasteiger partial charge in [-0.15, -0.1) is 0 Å². The minimum Gasteiger partial charge on any atom is -0.478 e. The van der Waals surface area contributed by atoms with E-state index in [1.54, 1.807) is 18.5 Å². The van der Waals surface area contributed by atoms with Crippen LogP contribution in [0.3, 0.4) is 0 Å². The van der Waals surface area contributed by atoms with Crippen LogP contribution >= 0.6 is 0 Å². The molecule has 37 heavy (non-hydrogen) atoms. The first-order valence-electron chi connectivity index (χ1n) is 12.1. The fraction of sp³-hybridized carbons (Fsp3) is 0.133. The summed E-state index contributed by atoms with van der Waals surface area (Å²) < 4.78 is 1.95. The van der Waals surface area contributed by atoms with Crippen molar-refractivity contribution < 1.29 is 9.90 Å². The third kappa shape index (κ3) is 4.71. The number of fused-ring (bicyclic) bond motifs is 1. The number of pyridine rings is 1. The fourth-order valence-electron chi connectivity index (χ4n) is 4.39. The molecule has 0 aliphatic rings. The lowest BCUT2D eigenvalue weighted by Crippen LogP contribution is -2.14.